The lowest BCUT2D eigenvalue weighted by Gasteiger charge is -2.19. The van der Waals surface area contributed by atoms with Crippen LogP contribution < -0.4 is 9.62 Å². The summed E-state index contributed by atoms with van der Waals surface area (Å²) in [6, 6.07) is 13.3. The van der Waals surface area contributed by atoms with Gasteiger partial charge >= 0.3 is 6.18 Å². The van der Waals surface area contributed by atoms with Gasteiger partial charge in [0.1, 0.15) is 4.21 Å². The van der Waals surface area contributed by atoms with Gasteiger partial charge in [-0.15, -0.1) is 11.3 Å². The number of benzene rings is 2. The van der Waals surface area contributed by atoms with E-state index < -0.39 is 27.7 Å². The molecular formula is C19H15F3N2O3S2. The molecular weight excluding hydrogens is 425 g/mol. The first-order valence-electron chi connectivity index (χ1n) is 8.21. The molecule has 0 saturated heterocycles. The van der Waals surface area contributed by atoms with Gasteiger partial charge in [-0.05, 0) is 47.8 Å². The van der Waals surface area contributed by atoms with E-state index in [2.05, 4.69) is 5.32 Å². The summed E-state index contributed by atoms with van der Waals surface area (Å²) in [6.07, 6.45) is -4.60. The van der Waals surface area contributed by atoms with Crippen LogP contribution in [-0.2, 0) is 16.2 Å². The minimum absolute atomic E-state index is 0.0904. The van der Waals surface area contributed by atoms with Crippen LogP contribution in [0.1, 0.15) is 15.9 Å². The smallest absolute Gasteiger partial charge is 0.321 e. The molecule has 3 aromatic rings. The second-order valence-corrected chi connectivity index (χ2v) is 9.09. The number of carbonyl (C=O) groups is 1. The average Bonchev–Trinajstić information content (AvgIpc) is 3.23. The quantitative estimate of drug-likeness (QED) is 0.617. The number of halogens is 3. The normalized spacial score (nSPS) is 11.9. The van der Waals surface area contributed by atoms with Gasteiger partial charge < -0.3 is 5.32 Å². The molecule has 0 atom stereocenters. The van der Waals surface area contributed by atoms with E-state index in [1.54, 1.807) is 11.4 Å². The van der Waals surface area contributed by atoms with Crippen LogP contribution in [0.15, 0.2) is 70.3 Å². The molecule has 0 aliphatic heterocycles. The maximum absolute atomic E-state index is 13.1. The highest BCUT2D eigenvalue weighted by atomic mass is 32.2. The van der Waals surface area contributed by atoms with E-state index in [4.69, 9.17) is 0 Å². The molecule has 0 bridgehead atoms. The van der Waals surface area contributed by atoms with E-state index in [-0.39, 0.29) is 15.5 Å². The molecule has 152 valence electrons. The summed E-state index contributed by atoms with van der Waals surface area (Å²) in [4.78, 5) is 12.3. The Kier molecular flexibility index (Phi) is 5.67. The number of thiophene rings is 1. The van der Waals surface area contributed by atoms with Crippen LogP contribution in [0.4, 0.5) is 24.5 Å². The maximum atomic E-state index is 13.1. The highest BCUT2D eigenvalue weighted by Gasteiger charge is 2.33. The molecule has 1 heterocycles. The topological polar surface area (TPSA) is 66.5 Å². The Labute approximate surface area is 169 Å². The summed E-state index contributed by atoms with van der Waals surface area (Å²) in [7, 11) is -2.35. The summed E-state index contributed by atoms with van der Waals surface area (Å²) in [5.74, 6) is -0.739. The molecule has 29 heavy (non-hydrogen) atoms. The SMILES string of the molecule is CN(c1ccc(C(=O)Nc2ccccc2C(F)(F)F)cc1)S(=O)(=O)c1cccs1. The number of alkyl halides is 3. The summed E-state index contributed by atoms with van der Waals surface area (Å²) >= 11 is 1.08. The van der Waals surface area contributed by atoms with Gasteiger partial charge in [0.15, 0.2) is 0 Å². The molecule has 0 radical (unpaired) electrons. The van der Waals surface area contributed by atoms with Crippen LogP contribution in [0.3, 0.4) is 0 Å². The fourth-order valence-electron chi connectivity index (χ4n) is 2.54. The van der Waals surface area contributed by atoms with Crippen molar-refractivity contribution in [1.29, 1.82) is 0 Å². The zero-order chi connectivity index (χ0) is 21.2. The van der Waals surface area contributed by atoms with Gasteiger partial charge in [-0.25, -0.2) is 8.42 Å². The van der Waals surface area contributed by atoms with Crippen LogP contribution in [0.25, 0.3) is 0 Å². The standard InChI is InChI=1S/C19H15F3N2O3S2/c1-24(29(26,27)17-7-4-12-28-17)14-10-8-13(9-11-14)18(25)23-16-6-3-2-5-15(16)19(20,21)22/h2-12H,1H3,(H,23,25). The molecule has 0 unspecified atom stereocenters. The summed E-state index contributed by atoms with van der Waals surface area (Å²) in [6.45, 7) is 0. The molecule has 3 rings (SSSR count). The second kappa shape index (κ2) is 7.88. The van der Waals surface area contributed by atoms with Crippen LogP contribution in [0.5, 0.6) is 0 Å². The van der Waals surface area contributed by atoms with Gasteiger partial charge in [0.05, 0.1) is 16.9 Å². The first-order chi connectivity index (χ1) is 13.6. The van der Waals surface area contributed by atoms with E-state index in [1.165, 1.54) is 49.5 Å². The van der Waals surface area contributed by atoms with E-state index in [0.717, 1.165) is 27.8 Å². The molecule has 1 N–H and O–H groups in total. The second-order valence-electron chi connectivity index (χ2n) is 5.95. The fourth-order valence-corrected chi connectivity index (χ4v) is 4.90. The number of hydrogen-bond donors (Lipinski definition) is 1. The molecule has 1 aromatic heterocycles. The van der Waals surface area contributed by atoms with Crippen LogP contribution in [0, 0.1) is 0 Å². The Hall–Kier alpha value is -2.85. The Balaban J connectivity index is 1.80. The molecule has 0 spiro atoms. The van der Waals surface area contributed by atoms with Gasteiger partial charge in [0, 0.05) is 12.6 Å². The Morgan fingerprint density at radius 1 is 1.00 bits per heavy atom. The van der Waals surface area contributed by atoms with Gasteiger partial charge in [-0.2, -0.15) is 13.2 Å². The van der Waals surface area contributed by atoms with Crippen LogP contribution in [0.2, 0.25) is 0 Å². The average molecular weight is 440 g/mol. The van der Waals surface area contributed by atoms with Crippen molar-refractivity contribution in [2.75, 3.05) is 16.7 Å². The van der Waals surface area contributed by atoms with Crippen molar-refractivity contribution in [3.63, 3.8) is 0 Å². The van der Waals surface area contributed by atoms with Gasteiger partial charge in [0.25, 0.3) is 15.9 Å². The molecule has 5 nitrogen and oxygen atoms in total. The first-order valence-corrected chi connectivity index (χ1v) is 10.5. The van der Waals surface area contributed by atoms with Crippen molar-refractivity contribution in [3.8, 4) is 0 Å². The highest BCUT2D eigenvalue weighted by molar-refractivity contribution is 7.94. The van der Waals surface area contributed by atoms with Crippen molar-refractivity contribution in [2.24, 2.45) is 0 Å². The number of anilines is 2. The minimum Gasteiger partial charge on any atom is -0.321 e. The Morgan fingerprint density at radius 2 is 1.66 bits per heavy atom. The third kappa shape index (κ3) is 4.43. The zero-order valence-corrected chi connectivity index (χ0v) is 16.6. The number of para-hydroxylation sites is 1. The number of nitrogens with one attached hydrogen (secondary N) is 1. The fraction of sp³-hybridized carbons (Fsp3) is 0.105. The van der Waals surface area contributed by atoms with Crippen molar-refractivity contribution >= 4 is 38.6 Å². The molecule has 1 amide bonds. The summed E-state index contributed by atoms with van der Waals surface area (Å²) < 4.78 is 65.5. The molecule has 0 fully saturated rings. The highest BCUT2D eigenvalue weighted by Crippen LogP contribution is 2.34. The number of nitrogens with zero attached hydrogens (tertiary/aromatic N) is 1. The van der Waals surface area contributed by atoms with Crippen LogP contribution >= 0.6 is 11.3 Å². The predicted octanol–water partition coefficient (Wildman–Crippen LogP) is 4.84. The van der Waals surface area contributed by atoms with Gasteiger partial charge in [0.2, 0.25) is 0 Å². The summed E-state index contributed by atoms with van der Waals surface area (Å²) in [5, 5.41) is 3.89. The van der Waals surface area contributed by atoms with Gasteiger partial charge in [-0.1, -0.05) is 18.2 Å². The monoisotopic (exact) mass is 440 g/mol. The molecule has 0 aliphatic carbocycles. The van der Waals surface area contributed by atoms with Crippen molar-refractivity contribution in [3.05, 3.63) is 77.2 Å². The number of carbonyl (C=O) groups excluding carboxylic acids is 1. The van der Waals surface area contributed by atoms with E-state index in [0.29, 0.717) is 5.69 Å². The van der Waals surface area contributed by atoms with Gasteiger partial charge in [-0.3, -0.25) is 9.10 Å². The zero-order valence-electron chi connectivity index (χ0n) is 15.0. The number of hydrogen-bond acceptors (Lipinski definition) is 4. The maximum Gasteiger partial charge on any atom is 0.418 e. The third-order valence-electron chi connectivity index (χ3n) is 4.08. The largest absolute Gasteiger partial charge is 0.418 e. The van der Waals surface area contributed by atoms with Crippen molar-refractivity contribution in [1.82, 2.24) is 0 Å². The van der Waals surface area contributed by atoms with Crippen molar-refractivity contribution < 1.29 is 26.4 Å². The van der Waals surface area contributed by atoms with E-state index >= 15 is 0 Å². The Bertz CT molecular complexity index is 1110. The van der Waals surface area contributed by atoms with Crippen LogP contribution in [-0.4, -0.2) is 21.4 Å². The molecule has 0 aliphatic rings. The Morgan fingerprint density at radius 3 is 2.24 bits per heavy atom. The predicted molar refractivity (Wildman–Crippen MR) is 106 cm³/mol. The number of amides is 1. The molecule has 10 heteroatoms. The minimum atomic E-state index is -4.60. The lowest BCUT2D eigenvalue weighted by molar-refractivity contribution is -0.136. The third-order valence-corrected chi connectivity index (χ3v) is 7.24. The van der Waals surface area contributed by atoms with E-state index in [9.17, 15) is 26.4 Å². The number of rotatable bonds is 5. The van der Waals surface area contributed by atoms with Crippen molar-refractivity contribution in [2.45, 2.75) is 10.4 Å². The number of sulfonamides is 1. The first kappa shape index (κ1) is 20.9. The van der Waals surface area contributed by atoms with E-state index in [1.807, 2.05) is 0 Å². The lowest BCUT2D eigenvalue weighted by Crippen LogP contribution is -2.25. The molecule has 0 saturated carbocycles. The molecule has 2 aromatic carbocycles. The summed E-state index contributed by atoms with van der Waals surface area (Å²) in [5.41, 5.74) is -0.906. The lowest BCUT2D eigenvalue weighted by atomic mass is 10.1.